The Bertz CT molecular complexity index is 1100. The van der Waals surface area contributed by atoms with Crippen LogP contribution in [0.15, 0.2) is 24.3 Å². The predicted octanol–water partition coefficient (Wildman–Crippen LogP) is 1.88. The summed E-state index contributed by atoms with van der Waals surface area (Å²) in [4.78, 5) is 74.1. The van der Waals surface area contributed by atoms with Gasteiger partial charge in [-0.1, -0.05) is 6.92 Å². The highest BCUT2D eigenvalue weighted by atomic mass is 16.6. The third-order valence-electron chi connectivity index (χ3n) is 5.88. The van der Waals surface area contributed by atoms with E-state index < -0.39 is 65.0 Å². The first-order valence-electron chi connectivity index (χ1n) is 12.4. The molecule has 14 nitrogen and oxygen atoms in total. The van der Waals surface area contributed by atoms with E-state index in [4.69, 9.17) is 9.47 Å². The van der Waals surface area contributed by atoms with Crippen LogP contribution in [0.1, 0.15) is 53.9 Å². The standard InChI is InChI=1S/C25H35N5O9/c1-6-25(5,28-19(31)14-26-23(35)39-24(2,3)4)22(34)29-13-7-8-18(29)21(33)38-15-20(32)27-16-9-11-17(12-10-16)30(36)37/h9-12,18H,6-8,13-15H2,1-5H3,(H,26,35)(H,27,32)(H,28,31)/t18-,25+/m0/s1. The monoisotopic (exact) mass is 549 g/mol. The van der Waals surface area contributed by atoms with E-state index in [9.17, 15) is 34.1 Å². The minimum atomic E-state index is -1.36. The first-order chi connectivity index (χ1) is 18.1. The molecule has 0 spiro atoms. The Balaban J connectivity index is 1.92. The minimum absolute atomic E-state index is 0.139. The van der Waals surface area contributed by atoms with Crippen molar-refractivity contribution in [2.75, 3.05) is 25.0 Å². The van der Waals surface area contributed by atoms with Crippen molar-refractivity contribution in [3.63, 3.8) is 0 Å². The Morgan fingerprint density at radius 3 is 2.28 bits per heavy atom. The average Bonchev–Trinajstić information content (AvgIpc) is 3.35. The smallest absolute Gasteiger partial charge is 0.408 e. The van der Waals surface area contributed by atoms with Crippen molar-refractivity contribution in [3.8, 4) is 0 Å². The number of nitrogens with zero attached hydrogens (tertiary/aromatic N) is 2. The first kappa shape index (κ1) is 31.0. The van der Waals surface area contributed by atoms with Gasteiger partial charge in [-0.05, 0) is 59.1 Å². The number of nitro benzene ring substituents is 1. The van der Waals surface area contributed by atoms with Gasteiger partial charge in [0.2, 0.25) is 11.8 Å². The number of alkyl carbamates (subject to hydrolysis) is 1. The maximum absolute atomic E-state index is 13.4. The van der Waals surface area contributed by atoms with Crippen molar-refractivity contribution in [3.05, 3.63) is 34.4 Å². The number of hydrogen-bond acceptors (Lipinski definition) is 9. The van der Waals surface area contributed by atoms with Gasteiger partial charge in [-0.3, -0.25) is 24.5 Å². The number of rotatable bonds is 10. The first-order valence-corrected chi connectivity index (χ1v) is 12.4. The second-order valence-electron chi connectivity index (χ2n) is 10.2. The molecule has 1 aromatic carbocycles. The number of hydrogen-bond donors (Lipinski definition) is 3. The van der Waals surface area contributed by atoms with Gasteiger partial charge in [0.05, 0.1) is 4.92 Å². The Hall–Kier alpha value is -4.23. The average molecular weight is 550 g/mol. The van der Waals surface area contributed by atoms with E-state index in [1.54, 1.807) is 27.7 Å². The summed E-state index contributed by atoms with van der Waals surface area (Å²) in [5, 5.41) is 18.2. The molecule has 0 bridgehead atoms. The normalized spacial score (nSPS) is 16.4. The van der Waals surface area contributed by atoms with Gasteiger partial charge in [0, 0.05) is 24.4 Å². The highest BCUT2D eigenvalue weighted by molar-refractivity contribution is 5.96. The lowest BCUT2D eigenvalue weighted by Gasteiger charge is -2.34. The number of nitro groups is 1. The molecule has 1 aromatic rings. The van der Waals surface area contributed by atoms with E-state index in [1.807, 2.05) is 0 Å². The molecule has 1 heterocycles. The molecular weight excluding hydrogens is 514 g/mol. The Labute approximate surface area is 225 Å². The highest BCUT2D eigenvalue weighted by Gasteiger charge is 2.43. The van der Waals surface area contributed by atoms with E-state index in [2.05, 4.69) is 16.0 Å². The van der Waals surface area contributed by atoms with Crippen LogP contribution in [0.2, 0.25) is 0 Å². The van der Waals surface area contributed by atoms with Crippen molar-refractivity contribution in [1.29, 1.82) is 0 Å². The molecule has 2 atom stereocenters. The fourth-order valence-corrected chi connectivity index (χ4v) is 3.78. The van der Waals surface area contributed by atoms with Crippen LogP contribution >= 0.6 is 0 Å². The molecule has 0 aliphatic carbocycles. The van der Waals surface area contributed by atoms with Gasteiger partial charge in [-0.2, -0.15) is 0 Å². The number of non-ortho nitro benzene ring substituents is 1. The van der Waals surface area contributed by atoms with Crippen LogP contribution in [0, 0.1) is 10.1 Å². The molecule has 1 aliphatic rings. The van der Waals surface area contributed by atoms with Crippen molar-refractivity contribution in [2.45, 2.75) is 71.1 Å². The molecule has 4 amide bonds. The summed E-state index contributed by atoms with van der Waals surface area (Å²) in [6.45, 7) is 7.51. The van der Waals surface area contributed by atoms with Crippen LogP contribution in [-0.2, 0) is 28.7 Å². The van der Waals surface area contributed by atoms with E-state index in [1.165, 1.54) is 36.1 Å². The summed E-state index contributed by atoms with van der Waals surface area (Å²) in [6.07, 6.45) is 0.277. The molecule has 39 heavy (non-hydrogen) atoms. The minimum Gasteiger partial charge on any atom is -0.454 e. The molecule has 0 radical (unpaired) electrons. The lowest BCUT2D eigenvalue weighted by Crippen LogP contribution is -2.60. The predicted molar refractivity (Wildman–Crippen MR) is 138 cm³/mol. The van der Waals surface area contributed by atoms with Gasteiger partial charge in [0.15, 0.2) is 6.61 Å². The third kappa shape index (κ3) is 9.23. The Morgan fingerprint density at radius 1 is 1.08 bits per heavy atom. The largest absolute Gasteiger partial charge is 0.454 e. The second-order valence-corrected chi connectivity index (χ2v) is 10.2. The van der Waals surface area contributed by atoms with Crippen molar-refractivity contribution < 1.29 is 38.4 Å². The van der Waals surface area contributed by atoms with Crippen LogP contribution < -0.4 is 16.0 Å². The van der Waals surface area contributed by atoms with Crippen LogP contribution in [0.3, 0.4) is 0 Å². The molecule has 1 saturated heterocycles. The number of amides is 4. The van der Waals surface area contributed by atoms with Gasteiger partial charge in [0.25, 0.3) is 11.6 Å². The number of likely N-dealkylation sites (tertiary alicyclic amines) is 1. The molecule has 1 aliphatic heterocycles. The van der Waals surface area contributed by atoms with Crippen LogP contribution in [0.25, 0.3) is 0 Å². The number of nitrogens with one attached hydrogen (secondary N) is 3. The second kappa shape index (κ2) is 13.0. The van der Waals surface area contributed by atoms with E-state index in [0.717, 1.165) is 0 Å². The number of esters is 1. The molecule has 214 valence electrons. The number of carbonyl (C=O) groups is 5. The fraction of sp³-hybridized carbons (Fsp3) is 0.560. The quantitative estimate of drug-likeness (QED) is 0.222. The van der Waals surface area contributed by atoms with E-state index in [-0.39, 0.29) is 24.3 Å². The Kier molecular flexibility index (Phi) is 10.3. The van der Waals surface area contributed by atoms with Gasteiger partial charge >= 0.3 is 12.1 Å². The molecule has 0 unspecified atom stereocenters. The maximum Gasteiger partial charge on any atom is 0.408 e. The van der Waals surface area contributed by atoms with Gasteiger partial charge in [-0.25, -0.2) is 9.59 Å². The van der Waals surface area contributed by atoms with Gasteiger partial charge in [-0.15, -0.1) is 0 Å². The van der Waals surface area contributed by atoms with Gasteiger partial charge in [0.1, 0.15) is 23.7 Å². The maximum atomic E-state index is 13.4. The number of benzene rings is 1. The lowest BCUT2D eigenvalue weighted by molar-refractivity contribution is -0.384. The van der Waals surface area contributed by atoms with Crippen LogP contribution in [0.5, 0.6) is 0 Å². The Morgan fingerprint density at radius 2 is 1.72 bits per heavy atom. The van der Waals surface area contributed by atoms with Crippen molar-refractivity contribution in [2.24, 2.45) is 0 Å². The lowest BCUT2D eigenvalue weighted by atomic mass is 9.96. The third-order valence-corrected chi connectivity index (χ3v) is 5.88. The zero-order valence-corrected chi connectivity index (χ0v) is 22.7. The summed E-state index contributed by atoms with van der Waals surface area (Å²) in [5.41, 5.74) is -1.95. The molecule has 0 aromatic heterocycles. The SMILES string of the molecule is CC[C@@](C)(NC(=O)CNC(=O)OC(C)(C)C)C(=O)N1CCC[C@H]1C(=O)OCC(=O)Nc1ccc([N+](=O)[O-])cc1. The summed E-state index contributed by atoms with van der Waals surface area (Å²) in [6, 6.07) is 4.20. The molecule has 3 N–H and O–H groups in total. The van der Waals surface area contributed by atoms with Crippen LogP contribution in [-0.4, -0.2) is 76.5 Å². The molecule has 0 saturated carbocycles. The summed E-state index contributed by atoms with van der Waals surface area (Å²) in [7, 11) is 0. The molecule has 2 rings (SSSR count). The summed E-state index contributed by atoms with van der Waals surface area (Å²) in [5.74, 6) is -2.53. The molecule has 1 fully saturated rings. The molecular formula is C25H35N5O9. The van der Waals surface area contributed by atoms with Crippen molar-refractivity contribution in [1.82, 2.24) is 15.5 Å². The zero-order valence-electron chi connectivity index (χ0n) is 22.7. The number of ether oxygens (including phenoxy) is 2. The number of carbonyl (C=O) groups excluding carboxylic acids is 5. The number of anilines is 1. The fourth-order valence-electron chi connectivity index (χ4n) is 3.78. The molecule has 14 heteroatoms. The zero-order chi connectivity index (χ0) is 29.4. The van der Waals surface area contributed by atoms with E-state index in [0.29, 0.717) is 12.8 Å². The summed E-state index contributed by atoms with van der Waals surface area (Å²) >= 11 is 0. The van der Waals surface area contributed by atoms with Crippen LogP contribution in [0.4, 0.5) is 16.2 Å². The van der Waals surface area contributed by atoms with Crippen molar-refractivity contribution >= 4 is 41.2 Å². The highest BCUT2D eigenvalue weighted by Crippen LogP contribution is 2.24. The van der Waals surface area contributed by atoms with Gasteiger partial charge < -0.3 is 30.3 Å². The van der Waals surface area contributed by atoms with E-state index >= 15 is 0 Å². The summed E-state index contributed by atoms with van der Waals surface area (Å²) < 4.78 is 10.2. The topological polar surface area (TPSA) is 186 Å².